The van der Waals surface area contributed by atoms with E-state index in [4.69, 9.17) is 5.11 Å². The molecule has 0 saturated carbocycles. The van der Waals surface area contributed by atoms with Gasteiger partial charge in [-0.1, -0.05) is 18.2 Å². The van der Waals surface area contributed by atoms with Crippen molar-refractivity contribution in [2.24, 2.45) is 0 Å². The van der Waals surface area contributed by atoms with Gasteiger partial charge in [-0.2, -0.15) is 0 Å². The van der Waals surface area contributed by atoms with Crippen LogP contribution in [0.5, 0.6) is 5.75 Å². The largest absolute Gasteiger partial charge is 0.508 e. The highest BCUT2D eigenvalue weighted by Gasteiger charge is 2.04. The molecular weight excluding hydrogens is 268 g/mol. The highest BCUT2D eigenvalue weighted by atomic mass is 16.3. The summed E-state index contributed by atoms with van der Waals surface area (Å²) in [6.45, 7) is 0.667. The van der Waals surface area contributed by atoms with E-state index in [-0.39, 0.29) is 24.8 Å². The Morgan fingerprint density at radius 2 is 1.76 bits per heavy atom. The summed E-state index contributed by atoms with van der Waals surface area (Å²) < 4.78 is 0. The van der Waals surface area contributed by atoms with Crippen LogP contribution in [0.4, 0.5) is 5.69 Å². The van der Waals surface area contributed by atoms with Gasteiger partial charge in [0.2, 0.25) is 0 Å². The zero-order chi connectivity index (χ0) is 15.1. The first kappa shape index (κ1) is 14.9. The Bertz CT molecular complexity index is 597. The van der Waals surface area contributed by atoms with Crippen LogP contribution in [0.15, 0.2) is 48.5 Å². The minimum absolute atomic E-state index is 0.0774. The molecule has 110 valence electrons. The SMILES string of the molecule is O=C(NCCO)c1ccc(NCc2ccccc2O)cc1. The average Bonchev–Trinajstić information content (AvgIpc) is 2.52. The molecule has 0 aliphatic carbocycles. The first-order valence-corrected chi connectivity index (χ1v) is 6.70. The van der Waals surface area contributed by atoms with E-state index in [1.165, 1.54) is 0 Å². The number of nitrogens with one attached hydrogen (secondary N) is 2. The van der Waals surface area contributed by atoms with E-state index in [2.05, 4.69) is 10.6 Å². The summed E-state index contributed by atoms with van der Waals surface area (Å²) in [5, 5.41) is 24.1. The van der Waals surface area contributed by atoms with Crippen molar-refractivity contribution in [3.8, 4) is 5.75 Å². The fourth-order valence-corrected chi connectivity index (χ4v) is 1.87. The lowest BCUT2D eigenvalue weighted by atomic mass is 10.1. The number of anilines is 1. The molecule has 2 rings (SSSR count). The van der Waals surface area contributed by atoms with Gasteiger partial charge >= 0.3 is 0 Å². The van der Waals surface area contributed by atoms with Gasteiger partial charge in [0.05, 0.1) is 6.61 Å². The third-order valence-corrected chi connectivity index (χ3v) is 3.02. The normalized spacial score (nSPS) is 10.1. The molecule has 0 aliphatic heterocycles. The number of hydrogen-bond acceptors (Lipinski definition) is 4. The summed E-state index contributed by atoms with van der Waals surface area (Å²) >= 11 is 0. The number of amides is 1. The number of hydrogen-bond donors (Lipinski definition) is 4. The number of benzene rings is 2. The summed E-state index contributed by atoms with van der Waals surface area (Å²) in [4.78, 5) is 11.7. The number of carbonyl (C=O) groups is 1. The topological polar surface area (TPSA) is 81.6 Å². The third-order valence-electron chi connectivity index (χ3n) is 3.02. The Morgan fingerprint density at radius 1 is 1.05 bits per heavy atom. The molecule has 0 radical (unpaired) electrons. The second-order valence-corrected chi connectivity index (χ2v) is 4.54. The van der Waals surface area contributed by atoms with Gasteiger partial charge in [0.25, 0.3) is 5.91 Å². The fourth-order valence-electron chi connectivity index (χ4n) is 1.87. The van der Waals surface area contributed by atoms with E-state index < -0.39 is 0 Å². The van der Waals surface area contributed by atoms with E-state index >= 15 is 0 Å². The van der Waals surface area contributed by atoms with Gasteiger partial charge in [0.1, 0.15) is 5.75 Å². The Balaban J connectivity index is 1.93. The Labute approximate surface area is 123 Å². The van der Waals surface area contributed by atoms with Crippen LogP contribution in [-0.2, 0) is 6.54 Å². The monoisotopic (exact) mass is 286 g/mol. The van der Waals surface area contributed by atoms with Crippen LogP contribution in [0.25, 0.3) is 0 Å². The lowest BCUT2D eigenvalue weighted by molar-refractivity contribution is 0.0945. The second-order valence-electron chi connectivity index (χ2n) is 4.54. The van der Waals surface area contributed by atoms with Gasteiger partial charge in [0.15, 0.2) is 0 Å². The van der Waals surface area contributed by atoms with Crippen LogP contribution < -0.4 is 10.6 Å². The van der Waals surface area contributed by atoms with E-state index in [9.17, 15) is 9.90 Å². The van der Waals surface area contributed by atoms with Crippen molar-refractivity contribution >= 4 is 11.6 Å². The molecule has 2 aromatic carbocycles. The molecule has 0 unspecified atom stereocenters. The number of carbonyl (C=O) groups excluding carboxylic acids is 1. The van der Waals surface area contributed by atoms with Gasteiger partial charge in [-0.05, 0) is 30.3 Å². The number of aromatic hydroxyl groups is 1. The van der Waals surface area contributed by atoms with E-state index in [1.54, 1.807) is 36.4 Å². The lowest BCUT2D eigenvalue weighted by Gasteiger charge is -2.09. The number of para-hydroxylation sites is 1. The molecule has 0 heterocycles. The first-order valence-electron chi connectivity index (χ1n) is 6.70. The third kappa shape index (κ3) is 4.22. The van der Waals surface area contributed by atoms with Crippen LogP contribution in [0, 0.1) is 0 Å². The molecule has 21 heavy (non-hydrogen) atoms. The highest BCUT2D eigenvalue weighted by molar-refractivity contribution is 5.94. The Kier molecular flexibility index (Phi) is 5.17. The molecule has 2 aromatic rings. The molecule has 5 heteroatoms. The molecule has 0 bridgehead atoms. The molecule has 0 atom stereocenters. The number of aliphatic hydroxyl groups excluding tert-OH is 1. The van der Waals surface area contributed by atoms with Crippen LogP contribution in [0.1, 0.15) is 15.9 Å². The minimum atomic E-state index is -0.212. The second kappa shape index (κ2) is 7.31. The molecule has 0 aromatic heterocycles. The van der Waals surface area contributed by atoms with E-state index in [1.807, 2.05) is 12.1 Å². The van der Waals surface area contributed by atoms with Crippen LogP contribution >= 0.6 is 0 Å². The van der Waals surface area contributed by atoms with Crippen molar-refractivity contribution in [2.75, 3.05) is 18.5 Å². The molecular formula is C16H18N2O3. The molecule has 0 spiro atoms. The summed E-state index contributed by atoms with van der Waals surface area (Å²) in [6, 6.07) is 14.1. The Morgan fingerprint density at radius 3 is 2.43 bits per heavy atom. The van der Waals surface area contributed by atoms with Crippen LogP contribution in [-0.4, -0.2) is 29.3 Å². The summed E-state index contributed by atoms with van der Waals surface area (Å²) in [6.07, 6.45) is 0. The number of aliphatic hydroxyl groups is 1. The average molecular weight is 286 g/mol. The standard InChI is InChI=1S/C16H18N2O3/c19-10-9-17-16(21)12-5-7-14(8-6-12)18-11-13-3-1-2-4-15(13)20/h1-8,18-20H,9-11H2,(H,17,21). The number of phenolic OH excluding ortho intramolecular Hbond substituents is 1. The molecule has 0 saturated heterocycles. The maximum absolute atomic E-state index is 11.7. The quantitative estimate of drug-likeness (QED) is 0.652. The Hall–Kier alpha value is -2.53. The van der Waals surface area contributed by atoms with Crippen LogP contribution in [0.3, 0.4) is 0 Å². The van der Waals surface area contributed by atoms with Crippen molar-refractivity contribution in [1.29, 1.82) is 0 Å². The zero-order valence-corrected chi connectivity index (χ0v) is 11.5. The lowest BCUT2D eigenvalue weighted by Crippen LogP contribution is -2.26. The minimum Gasteiger partial charge on any atom is -0.508 e. The predicted molar refractivity (Wildman–Crippen MR) is 81.3 cm³/mol. The van der Waals surface area contributed by atoms with Crippen molar-refractivity contribution in [1.82, 2.24) is 5.32 Å². The van der Waals surface area contributed by atoms with Gasteiger partial charge in [-0.25, -0.2) is 0 Å². The summed E-state index contributed by atoms with van der Waals surface area (Å²) in [7, 11) is 0. The van der Waals surface area contributed by atoms with Crippen molar-refractivity contribution in [3.05, 3.63) is 59.7 Å². The van der Waals surface area contributed by atoms with Gasteiger partial charge in [-0.3, -0.25) is 4.79 Å². The molecule has 1 amide bonds. The summed E-state index contributed by atoms with van der Waals surface area (Å²) in [5.74, 6) is 0.0429. The van der Waals surface area contributed by atoms with E-state index in [0.717, 1.165) is 11.3 Å². The number of rotatable bonds is 6. The maximum Gasteiger partial charge on any atom is 0.251 e. The van der Waals surface area contributed by atoms with Gasteiger partial charge in [-0.15, -0.1) is 0 Å². The van der Waals surface area contributed by atoms with Crippen molar-refractivity contribution in [3.63, 3.8) is 0 Å². The van der Waals surface area contributed by atoms with Crippen LogP contribution in [0.2, 0.25) is 0 Å². The zero-order valence-electron chi connectivity index (χ0n) is 11.5. The fraction of sp³-hybridized carbons (Fsp3) is 0.188. The molecule has 5 nitrogen and oxygen atoms in total. The van der Waals surface area contributed by atoms with Crippen molar-refractivity contribution in [2.45, 2.75) is 6.54 Å². The smallest absolute Gasteiger partial charge is 0.251 e. The molecule has 4 N–H and O–H groups in total. The maximum atomic E-state index is 11.7. The number of phenols is 1. The predicted octanol–water partition coefficient (Wildman–Crippen LogP) is 1.73. The van der Waals surface area contributed by atoms with Gasteiger partial charge in [0, 0.05) is 29.9 Å². The first-order chi connectivity index (χ1) is 10.2. The molecule has 0 aliphatic rings. The van der Waals surface area contributed by atoms with E-state index in [0.29, 0.717) is 12.1 Å². The van der Waals surface area contributed by atoms with Crippen molar-refractivity contribution < 1.29 is 15.0 Å². The highest BCUT2D eigenvalue weighted by Crippen LogP contribution is 2.17. The van der Waals surface area contributed by atoms with Gasteiger partial charge < -0.3 is 20.8 Å². The summed E-state index contributed by atoms with van der Waals surface area (Å²) in [5.41, 5.74) is 2.20. The molecule has 0 fully saturated rings.